The Morgan fingerprint density at radius 2 is 2.35 bits per heavy atom. The predicted octanol–water partition coefficient (Wildman–Crippen LogP) is 0.725. The number of hydrogen-bond acceptors (Lipinski definition) is 4. The molecule has 5 heteroatoms. The zero-order chi connectivity index (χ0) is 14.1. The van der Waals surface area contributed by atoms with E-state index < -0.39 is 0 Å². The van der Waals surface area contributed by atoms with Gasteiger partial charge in [-0.05, 0) is 25.5 Å². The molecule has 2 aliphatic heterocycles. The van der Waals surface area contributed by atoms with Gasteiger partial charge in [-0.15, -0.1) is 0 Å². The highest BCUT2D eigenvalue weighted by Crippen LogP contribution is 2.32. The highest BCUT2D eigenvalue weighted by molar-refractivity contribution is 5.79. The van der Waals surface area contributed by atoms with Crippen LogP contribution in [0.2, 0.25) is 0 Å². The van der Waals surface area contributed by atoms with Crippen molar-refractivity contribution in [2.75, 3.05) is 20.1 Å². The van der Waals surface area contributed by atoms with Crippen molar-refractivity contribution in [3.63, 3.8) is 0 Å². The van der Waals surface area contributed by atoms with Crippen LogP contribution in [0.25, 0.3) is 0 Å². The first-order chi connectivity index (χ1) is 9.65. The highest BCUT2D eigenvalue weighted by atomic mass is 16.5. The zero-order valence-electron chi connectivity index (χ0n) is 12.0. The lowest BCUT2D eigenvalue weighted by atomic mass is 10.00. The molecule has 2 fully saturated rings. The third-order valence-corrected chi connectivity index (χ3v) is 4.15. The van der Waals surface area contributed by atoms with Gasteiger partial charge in [0, 0.05) is 32.4 Å². The van der Waals surface area contributed by atoms with E-state index in [4.69, 9.17) is 4.74 Å². The van der Waals surface area contributed by atoms with Gasteiger partial charge in [0.1, 0.15) is 0 Å². The molecule has 0 spiro atoms. The Bertz CT molecular complexity index is 506. The van der Waals surface area contributed by atoms with Crippen LogP contribution in [0.1, 0.15) is 17.8 Å². The van der Waals surface area contributed by atoms with Crippen molar-refractivity contribution >= 4 is 5.91 Å². The molecule has 0 radical (unpaired) electrons. The molecule has 1 aromatic rings. The molecule has 1 aromatic heterocycles. The topological polar surface area (TPSA) is 54.5 Å². The van der Waals surface area contributed by atoms with E-state index >= 15 is 0 Å². The van der Waals surface area contributed by atoms with Gasteiger partial charge in [0.2, 0.25) is 5.91 Å². The van der Waals surface area contributed by atoms with Crippen molar-refractivity contribution in [3.8, 4) is 0 Å². The molecule has 2 bridgehead atoms. The number of aryl methyl sites for hydroxylation is 1. The van der Waals surface area contributed by atoms with Crippen LogP contribution in [0.3, 0.4) is 0 Å². The van der Waals surface area contributed by atoms with E-state index in [0.717, 1.165) is 37.4 Å². The number of likely N-dealkylation sites (tertiary alicyclic amines) is 1. The summed E-state index contributed by atoms with van der Waals surface area (Å²) in [5, 5.41) is 2.74. The number of carbonyl (C=O) groups is 1. The lowest BCUT2D eigenvalue weighted by molar-refractivity contribution is -0.127. The smallest absolute Gasteiger partial charge is 0.225 e. The Morgan fingerprint density at radius 1 is 1.50 bits per heavy atom. The second kappa shape index (κ2) is 5.50. The number of pyridine rings is 1. The molecule has 2 saturated heterocycles. The van der Waals surface area contributed by atoms with Crippen LogP contribution in [0.4, 0.5) is 0 Å². The molecule has 1 N–H and O–H groups in total. The highest BCUT2D eigenvalue weighted by Gasteiger charge is 2.44. The summed E-state index contributed by atoms with van der Waals surface area (Å²) in [6, 6.07) is 6.11. The van der Waals surface area contributed by atoms with Crippen LogP contribution in [-0.4, -0.2) is 48.1 Å². The molecule has 20 heavy (non-hydrogen) atoms. The van der Waals surface area contributed by atoms with Gasteiger partial charge in [-0.25, -0.2) is 0 Å². The molecular weight excluding hydrogens is 254 g/mol. The minimum atomic E-state index is 0.000434. The maximum Gasteiger partial charge on any atom is 0.225 e. The van der Waals surface area contributed by atoms with Crippen molar-refractivity contribution < 1.29 is 9.53 Å². The summed E-state index contributed by atoms with van der Waals surface area (Å²) in [7, 11) is 1.69. The average Bonchev–Trinajstić information content (AvgIpc) is 2.73. The Hall–Kier alpha value is -1.46. The predicted molar refractivity (Wildman–Crippen MR) is 75.1 cm³/mol. The molecule has 5 nitrogen and oxygen atoms in total. The van der Waals surface area contributed by atoms with E-state index in [1.807, 2.05) is 19.1 Å². The molecule has 3 atom stereocenters. The SMILES string of the molecule is CNC(=O)C1CC2CN(Cc3cccc(C)n3)CC1O2. The lowest BCUT2D eigenvalue weighted by Crippen LogP contribution is -2.44. The van der Waals surface area contributed by atoms with E-state index in [9.17, 15) is 4.79 Å². The number of rotatable bonds is 3. The minimum Gasteiger partial charge on any atom is -0.371 e. The Kier molecular flexibility index (Phi) is 3.72. The minimum absolute atomic E-state index is 0.000434. The van der Waals surface area contributed by atoms with Crippen LogP contribution < -0.4 is 5.32 Å². The van der Waals surface area contributed by atoms with Crippen LogP contribution >= 0.6 is 0 Å². The second-order valence-electron chi connectivity index (χ2n) is 5.72. The quantitative estimate of drug-likeness (QED) is 0.883. The van der Waals surface area contributed by atoms with E-state index in [-0.39, 0.29) is 24.0 Å². The van der Waals surface area contributed by atoms with Gasteiger partial charge in [0.05, 0.1) is 23.8 Å². The fourth-order valence-electron chi connectivity index (χ4n) is 3.24. The summed E-state index contributed by atoms with van der Waals surface area (Å²) in [6.45, 7) is 4.54. The van der Waals surface area contributed by atoms with Gasteiger partial charge in [-0.3, -0.25) is 14.7 Å². The first-order valence-electron chi connectivity index (χ1n) is 7.17. The summed E-state index contributed by atoms with van der Waals surface area (Å²) in [5.74, 6) is 0.105. The summed E-state index contributed by atoms with van der Waals surface area (Å²) >= 11 is 0. The maximum absolute atomic E-state index is 11.8. The molecule has 0 aromatic carbocycles. The van der Waals surface area contributed by atoms with Gasteiger partial charge in [-0.1, -0.05) is 6.07 Å². The first kappa shape index (κ1) is 13.5. The van der Waals surface area contributed by atoms with Crippen LogP contribution in [0, 0.1) is 12.8 Å². The van der Waals surface area contributed by atoms with Gasteiger partial charge in [0.25, 0.3) is 0 Å². The summed E-state index contributed by atoms with van der Waals surface area (Å²) in [4.78, 5) is 18.7. The Labute approximate surface area is 119 Å². The number of fused-ring (bicyclic) bond motifs is 2. The van der Waals surface area contributed by atoms with Crippen molar-refractivity contribution in [3.05, 3.63) is 29.6 Å². The number of hydrogen-bond donors (Lipinski definition) is 1. The number of ether oxygens (including phenoxy) is 1. The third kappa shape index (κ3) is 2.69. The molecule has 3 heterocycles. The van der Waals surface area contributed by atoms with Crippen LogP contribution in [-0.2, 0) is 16.1 Å². The number of carbonyl (C=O) groups excluding carboxylic acids is 1. The number of nitrogens with zero attached hydrogens (tertiary/aromatic N) is 2. The monoisotopic (exact) mass is 275 g/mol. The number of aromatic nitrogens is 1. The molecule has 2 aliphatic rings. The molecule has 0 saturated carbocycles. The zero-order valence-corrected chi connectivity index (χ0v) is 12.0. The van der Waals surface area contributed by atoms with E-state index in [1.165, 1.54) is 0 Å². The standard InChI is InChI=1S/C15H21N3O2/c1-10-4-3-5-11(17-10)7-18-8-12-6-13(15(19)16-2)14(9-18)20-12/h3-5,12-14H,6-9H2,1-2H3,(H,16,19). The maximum atomic E-state index is 11.8. The second-order valence-corrected chi connectivity index (χ2v) is 5.72. The summed E-state index contributed by atoms with van der Waals surface area (Å²) < 4.78 is 5.90. The average molecular weight is 275 g/mol. The van der Waals surface area contributed by atoms with Crippen LogP contribution in [0.5, 0.6) is 0 Å². The van der Waals surface area contributed by atoms with Gasteiger partial charge < -0.3 is 10.1 Å². The fraction of sp³-hybridized carbons (Fsp3) is 0.600. The first-order valence-corrected chi connectivity index (χ1v) is 7.17. The Balaban J connectivity index is 1.65. The molecule has 1 amide bonds. The van der Waals surface area contributed by atoms with Gasteiger partial charge in [-0.2, -0.15) is 0 Å². The van der Waals surface area contributed by atoms with Crippen LogP contribution in [0.15, 0.2) is 18.2 Å². The van der Waals surface area contributed by atoms with Crippen molar-refractivity contribution in [1.29, 1.82) is 0 Å². The van der Waals surface area contributed by atoms with Crippen molar-refractivity contribution in [2.45, 2.75) is 32.1 Å². The molecule has 3 rings (SSSR count). The lowest BCUT2D eigenvalue weighted by Gasteiger charge is -2.32. The van der Waals surface area contributed by atoms with E-state index in [1.54, 1.807) is 7.05 Å². The van der Waals surface area contributed by atoms with Crippen molar-refractivity contribution in [2.24, 2.45) is 5.92 Å². The molecular formula is C15H21N3O2. The van der Waals surface area contributed by atoms with E-state index in [0.29, 0.717) is 0 Å². The molecule has 3 unspecified atom stereocenters. The Morgan fingerprint density at radius 3 is 3.10 bits per heavy atom. The summed E-state index contributed by atoms with van der Waals surface area (Å²) in [5.41, 5.74) is 2.13. The van der Waals surface area contributed by atoms with E-state index in [2.05, 4.69) is 21.3 Å². The number of nitrogens with one attached hydrogen (secondary N) is 1. The summed E-state index contributed by atoms with van der Waals surface area (Å²) in [6.07, 6.45) is 1.04. The normalized spacial score (nSPS) is 29.4. The fourth-order valence-corrected chi connectivity index (χ4v) is 3.24. The largest absolute Gasteiger partial charge is 0.371 e. The van der Waals surface area contributed by atoms with Crippen molar-refractivity contribution in [1.82, 2.24) is 15.2 Å². The number of amides is 1. The van der Waals surface area contributed by atoms with Gasteiger partial charge in [0.15, 0.2) is 0 Å². The number of morpholine rings is 1. The molecule has 0 aliphatic carbocycles. The molecule has 108 valence electrons. The third-order valence-electron chi connectivity index (χ3n) is 4.15. The van der Waals surface area contributed by atoms with Gasteiger partial charge >= 0.3 is 0 Å².